The van der Waals surface area contributed by atoms with Crippen molar-refractivity contribution in [2.45, 2.75) is 12.5 Å². The van der Waals surface area contributed by atoms with E-state index in [1.54, 1.807) is 24.3 Å². The first-order valence-electron chi connectivity index (χ1n) is 5.16. The van der Waals surface area contributed by atoms with Crippen molar-refractivity contribution in [1.29, 1.82) is 0 Å². The molecule has 0 aliphatic rings. The second kappa shape index (κ2) is 5.86. The molecule has 0 unspecified atom stereocenters. The number of nitrogens with one attached hydrogen (secondary N) is 1. The number of phenols is 1. The van der Waals surface area contributed by atoms with Crippen LogP contribution in [0.15, 0.2) is 24.3 Å². The van der Waals surface area contributed by atoms with Crippen molar-refractivity contribution in [2.75, 3.05) is 6.54 Å². The van der Waals surface area contributed by atoms with Crippen LogP contribution in [0.4, 0.5) is 0 Å². The molecule has 0 aliphatic heterocycles. The van der Waals surface area contributed by atoms with Gasteiger partial charge in [0, 0.05) is 6.42 Å². The fraction of sp³-hybridized carbons (Fsp3) is 0.273. The van der Waals surface area contributed by atoms with Crippen LogP contribution in [0, 0.1) is 0 Å². The van der Waals surface area contributed by atoms with Crippen LogP contribution in [-0.4, -0.2) is 29.5 Å². The van der Waals surface area contributed by atoms with E-state index in [9.17, 15) is 9.59 Å². The summed E-state index contributed by atoms with van der Waals surface area (Å²) in [5, 5.41) is 11.5. The van der Waals surface area contributed by atoms with Gasteiger partial charge in [-0.05, 0) is 17.7 Å². The molecule has 0 radical (unpaired) electrons. The van der Waals surface area contributed by atoms with Crippen molar-refractivity contribution in [3.63, 3.8) is 0 Å². The number of aromatic hydroxyl groups is 1. The minimum Gasteiger partial charge on any atom is -0.508 e. The fourth-order valence-electron chi connectivity index (χ4n) is 1.33. The predicted molar refractivity (Wildman–Crippen MR) is 60.7 cm³/mol. The van der Waals surface area contributed by atoms with E-state index in [4.69, 9.17) is 10.8 Å². The largest absolute Gasteiger partial charge is 0.508 e. The lowest BCUT2D eigenvalue weighted by atomic mass is 10.1. The number of rotatable bonds is 5. The molecular weight excluding hydrogens is 222 g/mol. The molecule has 6 heteroatoms. The summed E-state index contributed by atoms with van der Waals surface area (Å²) in [6.45, 7) is -0.180. The van der Waals surface area contributed by atoms with Crippen LogP contribution < -0.4 is 16.8 Å². The van der Waals surface area contributed by atoms with Gasteiger partial charge in [-0.2, -0.15) is 0 Å². The molecule has 1 aromatic carbocycles. The third kappa shape index (κ3) is 4.52. The first-order chi connectivity index (χ1) is 7.99. The summed E-state index contributed by atoms with van der Waals surface area (Å²) < 4.78 is 0. The molecule has 0 fully saturated rings. The number of quaternary nitrogens is 1. The average molecular weight is 238 g/mol. The molecular formula is C11H16N3O3+. The Hall–Kier alpha value is -2.08. The van der Waals surface area contributed by atoms with E-state index in [1.807, 2.05) is 0 Å². The third-order valence-corrected chi connectivity index (χ3v) is 2.23. The van der Waals surface area contributed by atoms with Gasteiger partial charge in [-0.15, -0.1) is 0 Å². The van der Waals surface area contributed by atoms with Crippen LogP contribution in [-0.2, 0) is 16.0 Å². The minimum atomic E-state index is -0.588. The maximum atomic E-state index is 11.5. The summed E-state index contributed by atoms with van der Waals surface area (Å²) >= 11 is 0. The van der Waals surface area contributed by atoms with Gasteiger partial charge in [-0.1, -0.05) is 12.1 Å². The number of phenolic OH excluding ortho intramolecular Hbond substituents is 1. The molecule has 0 spiro atoms. The Labute approximate surface area is 98.6 Å². The molecule has 0 saturated carbocycles. The summed E-state index contributed by atoms with van der Waals surface area (Å²) in [7, 11) is 0. The van der Waals surface area contributed by atoms with Gasteiger partial charge in [0.2, 0.25) is 5.91 Å². The first kappa shape index (κ1) is 13.0. The molecule has 6 nitrogen and oxygen atoms in total. The topological polar surface area (TPSA) is 120 Å². The zero-order chi connectivity index (χ0) is 12.8. The van der Waals surface area contributed by atoms with Crippen LogP contribution >= 0.6 is 0 Å². The lowest BCUT2D eigenvalue weighted by Crippen LogP contribution is -2.68. The Morgan fingerprint density at radius 2 is 1.94 bits per heavy atom. The number of carbonyl (C=O) groups is 2. The van der Waals surface area contributed by atoms with Gasteiger partial charge in [0.1, 0.15) is 5.75 Å². The van der Waals surface area contributed by atoms with Gasteiger partial charge in [-0.25, -0.2) is 0 Å². The van der Waals surface area contributed by atoms with E-state index in [-0.39, 0.29) is 18.2 Å². The number of hydrogen-bond acceptors (Lipinski definition) is 3. The molecule has 0 heterocycles. The lowest BCUT2D eigenvalue weighted by molar-refractivity contribution is -0.403. The Kier molecular flexibility index (Phi) is 4.47. The molecule has 92 valence electrons. The molecule has 0 aliphatic carbocycles. The van der Waals surface area contributed by atoms with Crippen LogP contribution in [0.25, 0.3) is 0 Å². The van der Waals surface area contributed by atoms with Crippen LogP contribution in [0.1, 0.15) is 5.56 Å². The average Bonchev–Trinajstić information content (AvgIpc) is 2.28. The number of amides is 2. The van der Waals surface area contributed by atoms with E-state index in [0.717, 1.165) is 5.56 Å². The Morgan fingerprint density at radius 1 is 1.35 bits per heavy atom. The summed E-state index contributed by atoms with van der Waals surface area (Å²) in [5.74, 6) is -0.736. The van der Waals surface area contributed by atoms with Crippen molar-refractivity contribution in [3.8, 4) is 5.75 Å². The number of benzene rings is 1. The van der Waals surface area contributed by atoms with Gasteiger partial charge in [0.05, 0.1) is 6.54 Å². The molecule has 17 heavy (non-hydrogen) atoms. The first-order valence-corrected chi connectivity index (χ1v) is 5.16. The highest BCUT2D eigenvalue weighted by Crippen LogP contribution is 2.10. The minimum absolute atomic E-state index is 0.174. The van der Waals surface area contributed by atoms with Crippen LogP contribution in [0.3, 0.4) is 0 Å². The SMILES string of the molecule is NC(=O)CNC(=O)[C@@H]([NH3+])Cc1ccc(O)cc1. The lowest BCUT2D eigenvalue weighted by Gasteiger charge is -2.08. The van der Waals surface area contributed by atoms with E-state index in [0.29, 0.717) is 6.42 Å². The van der Waals surface area contributed by atoms with Crippen molar-refractivity contribution in [2.24, 2.45) is 5.73 Å². The van der Waals surface area contributed by atoms with Gasteiger partial charge in [-0.3, -0.25) is 9.59 Å². The molecule has 1 rings (SSSR count). The quantitative estimate of drug-likeness (QED) is 0.481. The van der Waals surface area contributed by atoms with E-state index < -0.39 is 11.9 Å². The maximum Gasteiger partial charge on any atom is 0.278 e. The number of carbonyl (C=O) groups excluding carboxylic acids is 2. The summed E-state index contributed by atoms with van der Waals surface area (Å²) in [6, 6.07) is 6.02. The van der Waals surface area contributed by atoms with Crippen LogP contribution in [0.2, 0.25) is 0 Å². The van der Waals surface area contributed by atoms with Gasteiger partial charge in [0.25, 0.3) is 5.91 Å². The molecule has 1 aromatic rings. The summed E-state index contributed by atoms with van der Waals surface area (Å²) in [6.07, 6.45) is 0.435. The van der Waals surface area contributed by atoms with Crippen LogP contribution in [0.5, 0.6) is 5.75 Å². The van der Waals surface area contributed by atoms with E-state index in [2.05, 4.69) is 11.1 Å². The third-order valence-electron chi connectivity index (χ3n) is 2.23. The monoisotopic (exact) mass is 238 g/mol. The fourth-order valence-corrected chi connectivity index (χ4v) is 1.33. The molecule has 0 saturated heterocycles. The van der Waals surface area contributed by atoms with E-state index in [1.165, 1.54) is 0 Å². The molecule has 2 amide bonds. The zero-order valence-electron chi connectivity index (χ0n) is 9.35. The summed E-state index contributed by atoms with van der Waals surface area (Å²) in [5.41, 5.74) is 9.50. The van der Waals surface area contributed by atoms with Crippen molar-refractivity contribution >= 4 is 11.8 Å². The Morgan fingerprint density at radius 3 is 2.47 bits per heavy atom. The van der Waals surface area contributed by atoms with Gasteiger partial charge >= 0.3 is 0 Å². The molecule has 1 atom stereocenters. The maximum absolute atomic E-state index is 11.5. The smallest absolute Gasteiger partial charge is 0.278 e. The zero-order valence-corrected chi connectivity index (χ0v) is 9.35. The highest BCUT2D eigenvalue weighted by atomic mass is 16.3. The molecule has 0 bridgehead atoms. The number of nitrogens with two attached hydrogens (primary N) is 1. The number of hydrogen-bond donors (Lipinski definition) is 4. The Bertz CT molecular complexity index is 403. The highest BCUT2D eigenvalue weighted by molar-refractivity contribution is 5.85. The second-order valence-electron chi connectivity index (χ2n) is 3.75. The number of primary amides is 1. The van der Waals surface area contributed by atoms with Gasteiger partial charge in [0.15, 0.2) is 6.04 Å². The van der Waals surface area contributed by atoms with Crippen molar-refractivity contribution < 1.29 is 20.4 Å². The van der Waals surface area contributed by atoms with E-state index >= 15 is 0 Å². The normalized spacial score (nSPS) is 11.8. The standard InChI is InChI=1S/C11H15N3O3/c12-9(11(17)14-6-10(13)16)5-7-1-3-8(15)4-2-7/h1-4,9,15H,5-6,12H2,(H2,13,16)(H,14,17)/p+1/t9-/m0/s1. The summed E-state index contributed by atoms with van der Waals surface area (Å²) in [4.78, 5) is 22.0. The highest BCUT2D eigenvalue weighted by Gasteiger charge is 2.17. The van der Waals surface area contributed by atoms with Crippen molar-refractivity contribution in [1.82, 2.24) is 5.32 Å². The molecule has 7 N–H and O–H groups in total. The Balaban J connectivity index is 2.48. The second-order valence-corrected chi connectivity index (χ2v) is 3.75. The molecule has 0 aromatic heterocycles. The van der Waals surface area contributed by atoms with Crippen molar-refractivity contribution in [3.05, 3.63) is 29.8 Å². The predicted octanol–water partition coefficient (Wildman–Crippen LogP) is -1.85. The van der Waals surface area contributed by atoms with Gasteiger partial charge < -0.3 is 21.9 Å².